The van der Waals surface area contributed by atoms with E-state index in [1.54, 1.807) is 21.3 Å². The molecule has 0 radical (unpaired) electrons. The van der Waals surface area contributed by atoms with Crippen LogP contribution in [0.15, 0.2) is 48.5 Å². The lowest BCUT2D eigenvalue weighted by molar-refractivity contribution is 0.355. The summed E-state index contributed by atoms with van der Waals surface area (Å²) >= 11 is 0. The van der Waals surface area contributed by atoms with E-state index in [1.807, 2.05) is 55.5 Å². The van der Waals surface area contributed by atoms with Gasteiger partial charge in [0.1, 0.15) is 23.2 Å². The van der Waals surface area contributed by atoms with Crippen LogP contribution in [0.25, 0.3) is 0 Å². The zero-order chi connectivity index (χ0) is 19.9. The molecule has 0 bridgehead atoms. The van der Waals surface area contributed by atoms with Crippen molar-refractivity contribution in [1.82, 2.24) is 9.97 Å². The van der Waals surface area contributed by atoms with Gasteiger partial charge in [0.2, 0.25) is 0 Å². The molecule has 0 amide bonds. The van der Waals surface area contributed by atoms with Gasteiger partial charge in [0.05, 0.1) is 21.3 Å². The molecule has 7 heteroatoms. The third kappa shape index (κ3) is 4.82. The third-order valence-corrected chi connectivity index (χ3v) is 4.13. The van der Waals surface area contributed by atoms with Crippen LogP contribution >= 0.6 is 0 Å². The summed E-state index contributed by atoms with van der Waals surface area (Å²) < 4.78 is 15.8. The Labute approximate surface area is 164 Å². The van der Waals surface area contributed by atoms with Crippen molar-refractivity contribution >= 4 is 17.3 Å². The summed E-state index contributed by atoms with van der Waals surface area (Å²) in [5.74, 6) is 4.26. The van der Waals surface area contributed by atoms with Crippen LogP contribution in [-0.4, -0.2) is 31.3 Å². The minimum atomic E-state index is 0.649. The second kappa shape index (κ2) is 8.94. The molecule has 0 aliphatic carbocycles. The van der Waals surface area contributed by atoms with Crippen LogP contribution in [0.3, 0.4) is 0 Å². The molecule has 2 N–H and O–H groups in total. The maximum absolute atomic E-state index is 5.35. The first-order chi connectivity index (χ1) is 13.6. The van der Waals surface area contributed by atoms with Crippen LogP contribution in [-0.2, 0) is 6.54 Å². The number of aromatic nitrogens is 2. The van der Waals surface area contributed by atoms with Crippen molar-refractivity contribution in [3.63, 3.8) is 0 Å². The fourth-order valence-electron chi connectivity index (χ4n) is 2.72. The van der Waals surface area contributed by atoms with Crippen LogP contribution in [0, 0.1) is 6.92 Å². The van der Waals surface area contributed by atoms with Gasteiger partial charge in [-0.1, -0.05) is 12.1 Å². The SMILES string of the molecule is COc1ccc(CNc2cc(Nc3ccc(OC)c(OC)c3)nc(C)n2)cc1. The minimum absolute atomic E-state index is 0.649. The lowest BCUT2D eigenvalue weighted by atomic mass is 10.2. The molecule has 146 valence electrons. The molecular formula is C21H24N4O3. The molecular weight excluding hydrogens is 356 g/mol. The highest BCUT2D eigenvalue weighted by atomic mass is 16.5. The van der Waals surface area contributed by atoms with Crippen molar-refractivity contribution in [2.24, 2.45) is 0 Å². The number of hydrogen-bond donors (Lipinski definition) is 2. The fraction of sp³-hybridized carbons (Fsp3) is 0.238. The number of nitrogens with one attached hydrogen (secondary N) is 2. The number of nitrogens with zero attached hydrogens (tertiary/aromatic N) is 2. The highest BCUT2D eigenvalue weighted by Crippen LogP contribution is 2.31. The average Bonchev–Trinajstić information content (AvgIpc) is 2.72. The van der Waals surface area contributed by atoms with Crippen LogP contribution < -0.4 is 24.8 Å². The van der Waals surface area contributed by atoms with Gasteiger partial charge in [-0.25, -0.2) is 9.97 Å². The van der Waals surface area contributed by atoms with Gasteiger partial charge < -0.3 is 24.8 Å². The molecule has 0 saturated carbocycles. The second-order valence-electron chi connectivity index (χ2n) is 6.08. The Bertz CT molecular complexity index is 929. The second-order valence-corrected chi connectivity index (χ2v) is 6.08. The summed E-state index contributed by atoms with van der Waals surface area (Å²) in [6.07, 6.45) is 0. The maximum atomic E-state index is 5.35. The predicted molar refractivity (Wildman–Crippen MR) is 110 cm³/mol. The Morgan fingerprint density at radius 2 is 1.50 bits per heavy atom. The lowest BCUT2D eigenvalue weighted by Gasteiger charge is -2.12. The topological polar surface area (TPSA) is 77.5 Å². The Kier molecular flexibility index (Phi) is 6.16. The van der Waals surface area contributed by atoms with Gasteiger partial charge in [-0.3, -0.25) is 0 Å². The first-order valence-corrected chi connectivity index (χ1v) is 8.83. The van der Waals surface area contributed by atoms with Gasteiger partial charge in [-0.05, 0) is 36.8 Å². The first-order valence-electron chi connectivity index (χ1n) is 8.83. The largest absolute Gasteiger partial charge is 0.497 e. The Morgan fingerprint density at radius 3 is 2.18 bits per heavy atom. The summed E-state index contributed by atoms with van der Waals surface area (Å²) in [6.45, 7) is 2.51. The van der Waals surface area contributed by atoms with E-state index in [4.69, 9.17) is 14.2 Å². The molecule has 0 saturated heterocycles. The van der Waals surface area contributed by atoms with E-state index in [9.17, 15) is 0 Å². The summed E-state index contributed by atoms with van der Waals surface area (Å²) in [7, 11) is 4.88. The highest BCUT2D eigenvalue weighted by molar-refractivity contribution is 5.63. The number of rotatable bonds is 8. The van der Waals surface area contributed by atoms with E-state index in [2.05, 4.69) is 20.6 Å². The standard InChI is InChI=1S/C21H24N4O3/c1-14-23-20(22-13-15-5-8-17(26-2)9-6-15)12-21(24-14)25-16-7-10-18(27-3)19(11-16)28-4/h5-12H,13H2,1-4H3,(H2,22,23,24,25). The monoisotopic (exact) mass is 380 g/mol. The molecule has 0 unspecified atom stereocenters. The van der Waals surface area contributed by atoms with E-state index in [-0.39, 0.29) is 0 Å². The number of methoxy groups -OCH3 is 3. The van der Waals surface area contributed by atoms with Gasteiger partial charge in [0.15, 0.2) is 11.5 Å². The number of aryl methyl sites for hydroxylation is 1. The fourth-order valence-corrected chi connectivity index (χ4v) is 2.72. The van der Waals surface area contributed by atoms with Crippen molar-refractivity contribution < 1.29 is 14.2 Å². The number of benzene rings is 2. The van der Waals surface area contributed by atoms with Gasteiger partial charge in [0, 0.05) is 24.4 Å². The summed E-state index contributed by atoms with van der Waals surface area (Å²) in [4.78, 5) is 8.91. The smallest absolute Gasteiger partial charge is 0.162 e. The third-order valence-electron chi connectivity index (χ3n) is 4.13. The van der Waals surface area contributed by atoms with Gasteiger partial charge in [-0.2, -0.15) is 0 Å². The van der Waals surface area contributed by atoms with E-state index >= 15 is 0 Å². The molecule has 1 heterocycles. The van der Waals surface area contributed by atoms with Crippen molar-refractivity contribution in [2.45, 2.75) is 13.5 Å². The first kappa shape index (κ1) is 19.3. The normalized spacial score (nSPS) is 10.3. The summed E-state index contributed by atoms with van der Waals surface area (Å²) in [5.41, 5.74) is 1.98. The van der Waals surface area contributed by atoms with Crippen LogP contribution in [0.4, 0.5) is 17.3 Å². The Hall–Kier alpha value is -3.48. The van der Waals surface area contributed by atoms with Crippen LogP contribution in [0.5, 0.6) is 17.2 Å². The minimum Gasteiger partial charge on any atom is -0.497 e. The molecule has 7 nitrogen and oxygen atoms in total. The Morgan fingerprint density at radius 1 is 0.786 bits per heavy atom. The average molecular weight is 380 g/mol. The summed E-state index contributed by atoms with van der Waals surface area (Å²) in [6, 6.07) is 15.4. The van der Waals surface area contributed by atoms with Gasteiger partial charge in [0.25, 0.3) is 0 Å². The van der Waals surface area contributed by atoms with Gasteiger partial charge >= 0.3 is 0 Å². The van der Waals surface area contributed by atoms with Crippen molar-refractivity contribution in [1.29, 1.82) is 0 Å². The maximum Gasteiger partial charge on any atom is 0.162 e. The molecule has 0 fully saturated rings. The van der Waals surface area contributed by atoms with E-state index in [0.29, 0.717) is 29.7 Å². The molecule has 3 aromatic rings. The molecule has 1 aromatic heterocycles. The predicted octanol–water partition coefficient (Wildman–Crippen LogP) is 4.17. The van der Waals surface area contributed by atoms with Crippen molar-refractivity contribution in [3.8, 4) is 17.2 Å². The Balaban J connectivity index is 1.72. The van der Waals surface area contributed by atoms with E-state index < -0.39 is 0 Å². The van der Waals surface area contributed by atoms with Crippen LogP contribution in [0.1, 0.15) is 11.4 Å². The van der Waals surface area contributed by atoms with Crippen molar-refractivity contribution in [3.05, 3.63) is 59.9 Å². The lowest BCUT2D eigenvalue weighted by Crippen LogP contribution is -2.05. The molecule has 3 rings (SSSR count). The molecule has 0 aliphatic heterocycles. The molecule has 2 aromatic carbocycles. The zero-order valence-electron chi connectivity index (χ0n) is 16.4. The number of ether oxygens (including phenoxy) is 3. The molecule has 0 spiro atoms. The highest BCUT2D eigenvalue weighted by Gasteiger charge is 2.07. The zero-order valence-corrected chi connectivity index (χ0v) is 16.4. The van der Waals surface area contributed by atoms with Gasteiger partial charge in [-0.15, -0.1) is 0 Å². The van der Waals surface area contributed by atoms with E-state index in [1.165, 1.54) is 0 Å². The summed E-state index contributed by atoms with van der Waals surface area (Å²) in [5, 5.41) is 6.61. The quantitative estimate of drug-likeness (QED) is 0.607. The molecule has 0 aliphatic rings. The van der Waals surface area contributed by atoms with Crippen LogP contribution in [0.2, 0.25) is 0 Å². The van der Waals surface area contributed by atoms with E-state index in [0.717, 1.165) is 22.8 Å². The van der Waals surface area contributed by atoms with Crippen molar-refractivity contribution in [2.75, 3.05) is 32.0 Å². The number of anilines is 3. The molecule has 0 atom stereocenters. The molecule has 28 heavy (non-hydrogen) atoms. The number of hydrogen-bond acceptors (Lipinski definition) is 7.